The average Bonchev–Trinajstić information content (AvgIpc) is 2.84. The number of amides is 1. The lowest BCUT2D eigenvalue weighted by Crippen LogP contribution is -2.38. The standard InChI is InChI=1S/C16H21ClN4O2/c1-19(2)16(23)15-13(10-20-7-3-4-12(22)9-20)21-8-11(17)5-6-14(21)18-15/h5-6,8,12,22H,3-4,7,9-10H2,1-2H3. The van der Waals surface area contributed by atoms with Crippen LogP contribution in [0.15, 0.2) is 18.3 Å². The van der Waals surface area contributed by atoms with Crippen LogP contribution in [0.2, 0.25) is 5.02 Å². The largest absolute Gasteiger partial charge is 0.392 e. The van der Waals surface area contributed by atoms with E-state index >= 15 is 0 Å². The Morgan fingerprint density at radius 3 is 2.96 bits per heavy atom. The molecule has 3 heterocycles. The van der Waals surface area contributed by atoms with Gasteiger partial charge in [0, 0.05) is 33.4 Å². The number of aliphatic hydroxyl groups is 1. The quantitative estimate of drug-likeness (QED) is 0.925. The van der Waals surface area contributed by atoms with E-state index in [1.54, 1.807) is 26.4 Å². The second-order valence-electron chi connectivity index (χ2n) is 6.21. The van der Waals surface area contributed by atoms with Gasteiger partial charge in [-0.05, 0) is 31.5 Å². The van der Waals surface area contributed by atoms with Crippen LogP contribution >= 0.6 is 11.6 Å². The number of likely N-dealkylation sites (tertiary alicyclic amines) is 1. The molecule has 1 N–H and O–H groups in total. The topological polar surface area (TPSA) is 61.1 Å². The molecule has 0 bridgehead atoms. The molecule has 1 aliphatic heterocycles. The molecule has 0 saturated carbocycles. The SMILES string of the molecule is CN(C)C(=O)c1nc2ccc(Cl)cn2c1CN1CCCC(O)C1. The Bertz CT molecular complexity index is 728. The summed E-state index contributed by atoms with van der Waals surface area (Å²) < 4.78 is 1.88. The monoisotopic (exact) mass is 336 g/mol. The molecule has 0 aromatic carbocycles. The minimum atomic E-state index is -0.306. The summed E-state index contributed by atoms with van der Waals surface area (Å²) >= 11 is 6.11. The highest BCUT2D eigenvalue weighted by molar-refractivity contribution is 6.30. The summed E-state index contributed by atoms with van der Waals surface area (Å²) in [6.07, 6.45) is 3.26. The van der Waals surface area contributed by atoms with Crippen LogP contribution in [0.3, 0.4) is 0 Å². The summed E-state index contributed by atoms with van der Waals surface area (Å²) in [6.45, 7) is 2.08. The Kier molecular flexibility index (Phi) is 4.57. The summed E-state index contributed by atoms with van der Waals surface area (Å²) in [7, 11) is 3.43. The molecule has 1 saturated heterocycles. The third-order valence-corrected chi connectivity index (χ3v) is 4.37. The smallest absolute Gasteiger partial charge is 0.273 e. The van der Waals surface area contributed by atoms with E-state index in [0.29, 0.717) is 29.5 Å². The number of hydrogen-bond donors (Lipinski definition) is 1. The number of carbonyl (C=O) groups is 1. The number of halogens is 1. The maximum Gasteiger partial charge on any atom is 0.273 e. The Morgan fingerprint density at radius 2 is 2.26 bits per heavy atom. The number of imidazole rings is 1. The number of hydrogen-bond acceptors (Lipinski definition) is 4. The molecule has 3 rings (SSSR count). The van der Waals surface area contributed by atoms with Gasteiger partial charge in [0.25, 0.3) is 5.91 Å². The molecule has 0 aliphatic carbocycles. The van der Waals surface area contributed by atoms with Crippen LogP contribution in [0.5, 0.6) is 0 Å². The molecule has 1 amide bonds. The normalized spacial score (nSPS) is 19.2. The maximum atomic E-state index is 12.5. The van der Waals surface area contributed by atoms with Gasteiger partial charge in [-0.1, -0.05) is 11.6 Å². The van der Waals surface area contributed by atoms with Crippen molar-refractivity contribution in [2.45, 2.75) is 25.5 Å². The lowest BCUT2D eigenvalue weighted by Gasteiger charge is -2.30. The Hall–Kier alpha value is -1.63. The number of aliphatic hydroxyl groups excluding tert-OH is 1. The van der Waals surface area contributed by atoms with Crippen LogP contribution in [-0.4, -0.2) is 63.5 Å². The highest BCUT2D eigenvalue weighted by Crippen LogP contribution is 2.21. The third kappa shape index (κ3) is 3.34. The second kappa shape index (κ2) is 6.47. The van der Waals surface area contributed by atoms with Gasteiger partial charge in [0.15, 0.2) is 5.69 Å². The van der Waals surface area contributed by atoms with Gasteiger partial charge < -0.3 is 14.4 Å². The van der Waals surface area contributed by atoms with Crippen molar-refractivity contribution in [2.24, 2.45) is 0 Å². The highest BCUT2D eigenvalue weighted by Gasteiger charge is 2.24. The van der Waals surface area contributed by atoms with Gasteiger partial charge in [-0.2, -0.15) is 0 Å². The third-order valence-electron chi connectivity index (χ3n) is 4.14. The first-order chi connectivity index (χ1) is 11.0. The predicted octanol–water partition coefficient (Wildman–Crippen LogP) is 1.65. The average molecular weight is 337 g/mol. The van der Waals surface area contributed by atoms with E-state index in [9.17, 15) is 9.90 Å². The molecule has 2 aromatic rings. The number of aromatic nitrogens is 2. The van der Waals surface area contributed by atoms with E-state index in [1.165, 1.54) is 4.90 Å². The summed E-state index contributed by atoms with van der Waals surface area (Å²) in [5.41, 5.74) is 1.96. The molecule has 1 fully saturated rings. The van der Waals surface area contributed by atoms with Crippen molar-refractivity contribution in [3.05, 3.63) is 34.7 Å². The first kappa shape index (κ1) is 16.2. The van der Waals surface area contributed by atoms with Crippen molar-refractivity contribution in [3.8, 4) is 0 Å². The van der Waals surface area contributed by atoms with Gasteiger partial charge >= 0.3 is 0 Å². The van der Waals surface area contributed by atoms with Crippen molar-refractivity contribution in [1.29, 1.82) is 0 Å². The van der Waals surface area contributed by atoms with E-state index in [4.69, 9.17) is 11.6 Å². The van der Waals surface area contributed by atoms with E-state index in [-0.39, 0.29) is 12.0 Å². The lowest BCUT2D eigenvalue weighted by molar-refractivity contribution is 0.0655. The number of pyridine rings is 1. The van der Waals surface area contributed by atoms with Gasteiger partial charge in [-0.3, -0.25) is 9.69 Å². The fourth-order valence-corrected chi connectivity index (χ4v) is 3.15. The molecular weight excluding hydrogens is 316 g/mol. The van der Waals surface area contributed by atoms with Crippen LogP contribution in [0.4, 0.5) is 0 Å². The number of fused-ring (bicyclic) bond motifs is 1. The lowest BCUT2D eigenvalue weighted by atomic mass is 10.1. The van der Waals surface area contributed by atoms with Gasteiger partial charge in [0.05, 0.1) is 16.8 Å². The zero-order chi connectivity index (χ0) is 16.6. The van der Waals surface area contributed by atoms with Crippen LogP contribution < -0.4 is 0 Å². The number of piperidine rings is 1. The fraction of sp³-hybridized carbons (Fsp3) is 0.500. The van der Waals surface area contributed by atoms with Crippen molar-refractivity contribution >= 4 is 23.2 Å². The predicted molar refractivity (Wildman–Crippen MR) is 88.7 cm³/mol. The molecule has 124 valence electrons. The molecule has 6 nitrogen and oxygen atoms in total. The van der Waals surface area contributed by atoms with Gasteiger partial charge in [-0.25, -0.2) is 4.98 Å². The van der Waals surface area contributed by atoms with E-state index in [1.807, 2.05) is 10.5 Å². The van der Waals surface area contributed by atoms with Crippen molar-refractivity contribution in [2.75, 3.05) is 27.2 Å². The molecular formula is C16H21ClN4O2. The minimum Gasteiger partial charge on any atom is -0.392 e. The molecule has 1 atom stereocenters. The van der Waals surface area contributed by atoms with Gasteiger partial charge in [0.1, 0.15) is 5.65 Å². The summed E-state index contributed by atoms with van der Waals surface area (Å²) in [6, 6.07) is 3.57. The molecule has 1 aliphatic rings. The zero-order valence-electron chi connectivity index (χ0n) is 13.4. The Balaban J connectivity index is 2.02. The summed E-state index contributed by atoms with van der Waals surface area (Å²) in [5.74, 6) is -0.127. The fourth-order valence-electron chi connectivity index (χ4n) is 2.99. The molecule has 7 heteroatoms. The first-order valence-electron chi connectivity index (χ1n) is 7.74. The number of rotatable bonds is 3. The Morgan fingerprint density at radius 1 is 1.48 bits per heavy atom. The van der Waals surface area contributed by atoms with E-state index < -0.39 is 0 Å². The second-order valence-corrected chi connectivity index (χ2v) is 6.65. The summed E-state index contributed by atoms with van der Waals surface area (Å²) in [4.78, 5) is 20.6. The van der Waals surface area contributed by atoms with Crippen LogP contribution in [0.25, 0.3) is 5.65 Å². The maximum absolute atomic E-state index is 12.5. The highest BCUT2D eigenvalue weighted by atomic mass is 35.5. The van der Waals surface area contributed by atoms with E-state index in [2.05, 4.69) is 9.88 Å². The zero-order valence-corrected chi connectivity index (χ0v) is 14.1. The van der Waals surface area contributed by atoms with Gasteiger partial charge in [-0.15, -0.1) is 0 Å². The van der Waals surface area contributed by atoms with Crippen LogP contribution in [0.1, 0.15) is 29.0 Å². The van der Waals surface area contributed by atoms with Gasteiger partial charge in [0.2, 0.25) is 0 Å². The molecule has 23 heavy (non-hydrogen) atoms. The minimum absolute atomic E-state index is 0.127. The number of carbonyl (C=O) groups excluding carboxylic acids is 1. The number of nitrogens with zero attached hydrogens (tertiary/aromatic N) is 4. The van der Waals surface area contributed by atoms with Crippen LogP contribution in [-0.2, 0) is 6.54 Å². The molecule has 1 unspecified atom stereocenters. The number of β-amino-alcohol motifs (C(OH)–C–C–N with tert-alkyl or cyclic N) is 1. The molecule has 2 aromatic heterocycles. The van der Waals surface area contributed by atoms with Crippen molar-refractivity contribution in [1.82, 2.24) is 19.2 Å². The summed E-state index contributed by atoms with van der Waals surface area (Å²) in [5, 5.41) is 10.5. The van der Waals surface area contributed by atoms with Crippen LogP contribution in [0, 0.1) is 0 Å². The van der Waals surface area contributed by atoms with Crippen molar-refractivity contribution in [3.63, 3.8) is 0 Å². The Labute approximate surface area is 140 Å². The van der Waals surface area contributed by atoms with E-state index in [0.717, 1.165) is 25.1 Å². The van der Waals surface area contributed by atoms with Crippen molar-refractivity contribution < 1.29 is 9.90 Å². The molecule has 0 spiro atoms. The first-order valence-corrected chi connectivity index (χ1v) is 8.12. The molecule has 0 radical (unpaired) electrons.